The molecule has 3 rings (SSSR count). The maximum atomic E-state index is 12.6. The maximum absolute atomic E-state index is 12.6. The molecule has 0 saturated carbocycles. The van der Waals surface area contributed by atoms with Gasteiger partial charge in [0.25, 0.3) is 0 Å². The highest BCUT2D eigenvalue weighted by Crippen LogP contribution is 2.22. The average Bonchev–Trinajstić information content (AvgIpc) is 2.67. The largest absolute Gasteiger partial charge is 0.445 e. The first-order valence-electron chi connectivity index (χ1n) is 9.06. The van der Waals surface area contributed by atoms with Crippen LogP contribution in [0.3, 0.4) is 0 Å². The van der Waals surface area contributed by atoms with Gasteiger partial charge in [-0.25, -0.2) is 4.79 Å². The Morgan fingerprint density at radius 2 is 1.56 bits per heavy atom. The molecule has 2 fully saturated rings. The summed E-state index contributed by atoms with van der Waals surface area (Å²) in [6.45, 7) is 2.66. The molecular weight excluding hydrogens is 320 g/mol. The molecule has 6 nitrogen and oxygen atoms in total. The number of ether oxygens (including phenoxy) is 1. The summed E-state index contributed by atoms with van der Waals surface area (Å²) >= 11 is 0. The Hall–Kier alpha value is -2.08. The van der Waals surface area contributed by atoms with E-state index >= 15 is 0 Å². The van der Waals surface area contributed by atoms with Crippen LogP contribution in [0.5, 0.6) is 0 Å². The smallest absolute Gasteiger partial charge is 0.410 e. The first-order valence-corrected chi connectivity index (χ1v) is 9.06. The summed E-state index contributed by atoms with van der Waals surface area (Å²) in [6.07, 6.45) is 2.10. The van der Waals surface area contributed by atoms with Crippen LogP contribution < -0.4 is 0 Å². The first-order chi connectivity index (χ1) is 12.1. The molecule has 25 heavy (non-hydrogen) atoms. The number of hydrogen-bond acceptors (Lipinski definition) is 4. The second kappa shape index (κ2) is 8.34. The number of rotatable bonds is 3. The monoisotopic (exact) mass is 346 g/mol. The Kier molecular flexibility index (Phi) is 5.91. The third-order valence-corrected chi connectivity index (χ3v) is 5.08. The summed E-state index contributed by atoms with van der Waals surface area (Å²) in [4.78, 5) is 28.3. The number of benzene rings is 1. The molecule has 2 heterocycles. The molecule has 1 N–H and O–H groups in total. The zero-order valence-corrected chi connectivity index (χ0v) is 14.5. The fourth-order valence-electron chi connectivity index (χ4n) is 3.46. The standard InChI is InChI=1S/C19H26N2O4/c22-17-8-12-20(13-9-17)18(23)16-6-10-21(11-7-16)19(24)25-14-15-4-2-1-3-5-15/h1-5,16-17,22H,6-14H2. The van der Waals surface area contributed by atoms with Crippen LogP contribution in [0, 0.1) is 5.92 Å². The lowest BCUT2D eigenvalue weighted by molar-refractivity contribution is -0.139. The zero-order chi connectivity index (χ0) is 17.6. The van der Waals surface area contributed by atoms with E-state index in [4.69, 9.17) is 4.74 Å². The van der Waals surface area contributed by atoms with Crippen molar-refractivity contribution >= 4 is 12.0 Å². The SMILES string of the molecule is O=C(OCc1ccccc1)N1CCC(C(=O)N2CCC(O)CC2)CC1. The predicted octanol–water partition coefficient (Wildman–Crippen LogP) is 2.02. The molecule has 6 heteroatoms. The Morgan fingerprint density at radius 1 is 0.960 bits per heavy atom. The van der Waals surface area contributed by atoms with Crippen LogP contribution in [0.2, 0.25) is 0 Å². The van der Waals surface area contributed by atoms with Gasteiger partial charge in [-0.15, -0.1) is 0 Å². The molecule has 2 aliphatic rings. The highest BCUT2D eigenvalue weighted by atomic mass is 16.6. The number of nitrogens with zero attached hydrogens (tertiary/aromatic N) is 2. The van der Waals surface area contributed by atoms with E-state index in [9.17, 15) is 14.7 Å². The summed E-state index contributed by atoms with van der Waals surface area (Å²) in [6, 6.07) is 9.61. The van der Waals surface area contributed by atoms with E-state index in [2.05, 4.69) is 0 Å². The lowest BCUT2D eigenvalue weighted by Crippen LogP contribution is -2.47. The third-order valence-electron chi connectivity index (χ3n) is 5.08. The van der Waals surface area contributed by atoms with Gasteiger partial charge in [0.05, 0.1) is 6.10 Å². The van der Waals surface area contributed by atoms with Crippen LogP contribution in [0.25, 0.3) is 0 Å². The summed E-state index contributed by atoms with van der Waals surface area (Å²) in [5.74, 6) is 0.151. The number of amides is 2. The fourth-order valence-corrected chi connectivity index (χ4v) is 3.46. The van der Waals surface area contributed by atoms with Gasteiger partial charge in [0.2, 0.25) is 5.91 Å². The minimum Gasteiger partial charge on any atom is -0.445 e. The number of hydrogen-bond donors (Lipinski definition) is 1. The van der Waals surface area contributed by atoms with Gasteiger partial charge in [0, 0.05) is 32.1 Å². The Labute approximate surface area is 148 Å². The van der Waals surface area contributed by atoms with E-state index in [0.29, 0.717) is 51.9 Å². The van der Waals surface area contributed by atoms with Gasteiger partial charge >= 0.3 is 6.09 Å². The molecule has 1 aromatic rings. The Bertz CT molecular complexity index is 576. The highest BCUT2D eigenvalue weighted by Gasteiger charge is 2.32. The van der Waals surface area contributed by atoms with Gasteiger partial charge in [0.1, 0.15) is 6.61 Å². The normalized spacial score (nSPS) is 19.7. The Morgan fingerprint density at radius 3 is 2.20 bits per heavy atom. The molecule has 0 unspecified atom stereocenters. The van der Waals surface area contributed by atoms with Crippen LogP contribution in [0.15, 0.2) is 30.3 Å². The molecule has 0 radical (unpaired) electrons. The van der Waals surface area contributed by atoms with Crippen LogP contribution in [-0.4, -0.2) is 59.2 Å². The van der Waals surface area contributed by atoms with Crippen molar-refractivity contribution in [2.24, 2.45) is 5.92 Å². The van der Waals surface area contributed by atoms with Crippen molar-refractivity contribution in [2.75, 3.05) is 26.2 Å². The number of aliphatic hydroxyl groups excluding tert-OH is 1. The number of likely N-dealkylation sites (tertiary alicyclic amines) is 2. The van der Waals surface area contributed by atoms with Gasteiger partial charge in [-0.1, -0.05) is 30.3 Å². The van der Waals surface area contributed by atoms with Crippen molar-refractivity contribution < 1.29 is 19.4 Å². The molecule has 0 spiro atoms. The highest BCUT2D eigenvalue weighted by molar-refractivity contribution is 5.79. The van der Waals surface area contributed by atoms with Crippen molar-refractivity contribution in [3.05, 3.63) is 35.9 Å². The summed E-state index contributed by atoms with van der Waals surface area (Å²) in [7, 11) is 0. The lowest BCUT2D eigenvalue weighted by Gasteiger charge is -2.36. The summed E-state index contributed by atoms with van der Waals surface area (Å²) < 4.78 is 5.36. The van der Waals surface area contributed by atoms with Crippen molar-refractivity contribution in [1.82, 2.24) is 9.80 Å². The second-order valence-electron chi connectivity index (χ2n) is 6.86. The van der Waals surface area contributed by atoms with Crippen molar-refractivity contribution in [1.29, 1.82) is 0 Å². The van der Waals surface area contributed by atoms with E-state index in [1.165, 1.54) is 0 Å². The third kappa shape index (κ3) is 4.72. The summed E-state index contributed by atoms with van der Waals surface area (Å²) in [5.41, 5.74) is 0.966. The van der Waals surface area contributed by atoms with Gasteiger partial charge in [-0.2, -0.15) is 0 Å². The Balaban J connectivity index is 1.42. The van der Waals surface area contributed by atoms with Crippen LogP contribution in [0.1, 0.15) is 31.2 Å². The van der Waals surface area contributed by atoms with E-state index < -0.39 is 0 Å². The van der Waals surface area contributed by atoms with Gasteiger partial charge in [-0.3, -0.25) is 4.79 Å². The molecule has 136 valence electrons. The van der Waals surface area contributed by atoms with Crippen LogP contribution >= 0.6 is 0 Å². The van der Waals surface area contributed by atoms with E-state index in [0.717, 1.165) is 5.56 Å². The van der Waals surface area contributed by atoms with Gasteiger partial charge in [-0.05, 0) is 31.2 Å². The predicted molar refractivity (Wildman–Crippen MR) is 92.7 cm³/mol. The number of carbonyl (C=O) groups excluding carboxylic acids is 2. The molecule has 0 aromatic heterocycles. The van der Waals surface area contributed by atoms with Crippen molar-refractivity contribution in [3.63, 3.8) is 0 Å². The maximum Gasteiger partial charge on any atom is 0.410 e. The van der Waals surface area contributed by atoms with Crippen LogP contribution in [-0.2, 0) is 16.1 Å². The molecular formula is C19H26N2O4. The van der Waals surface area contributed by atoms with E-state index in [1.54, 1.807) is 4.90 Å². The number of aliphatic hydroxyl groups is 1. The van der Waals surface area contributed by atoms with Crippen molar-refractivity contribution in [3.8, 4) is 0 Å². The number of piperidine rings is 2. The number of carbonyl (C=O) groups is 2. The molecule has 0 aliphatic carbocycles. The quantitative estimate of drug-likeness (QED) is 0.909. The van der Waals surface area contributed by atoms with E-state index in [-0.39, 0.29) is 30.6 Å². The molecule has 2 saturated heterocycles. The van der Waals surface area contributed by atoms with Gasteiger partial charge < -0.3 is 19.6 Å². The molecule has 0 bridgehead atoms. The summed E-state index contributed by atoms with van der Waals surface area (Å²) in [5, 5.41) is 9.55. The minimum absolute atomic E-state index is 0.0200. The first kappa shape index (κ1) is 17.7. The molecule has 0 atom stereocenters. The van der Waals surface area contributed by atoms with Gasteiger partial charge in [0.15, 0.2) is 0 Å². The lowest BCUT2D eigenvalue weighted by atomic mass is 9.94. The average molecular weight is 346 g/mol. The van der Waals surface area contributed by atoms with Crippen molar-refractivity contribution in [2.45, 2.75) is 38.4 Å². The topological polar surface area (TPSA) is 70.1 Å². The molecule has 1 aromatic carbocycles. The molecule has 2 aliphatic heterocycles. The zero-order valence-electron chi connectivity index (χ0n) is 14.5. The second-order valence-corrected chi connectivity index (χ2v) is 6.86. The molecule has 2 amide bonds. The fraction of sp³-hybridized carbons (Fsp3) is 0.579. The van der Waals surface area contributed by atoms with Crippen LogP contribution in [0.4, 0.5) is 4.79 Å². The van der Waals surface area contributed by atoms with E-state index in [1.807, 2.05) is 35.2 Å². The minimum atomic E-state index is -0.309.